The van der Waals surface area contributed by atoms with Crippen molar-refractivity contribution in [3.63, 3.8) is 0 Å². The third-order valence-corrected chi connectivity index (χ3v) is 4.09. The molecule has 1 aliphatic carbocycles. The monoisotopic (exact) mass is 322 g/mol. The molecule has 2 rings (SSSR count). The summed E-state index contributed by atoms with van der Waals surface area (Å²) in [6.45, 7) is 3.89. The Morgan fingerprint density at radius 3 is 2.70 bits per heavy atom. The van der Waals surface area contributed by atoms with Crippen LogP contribution < -0.4 is 10.6 Å². The van der Waals surface area contributed by atoms with Gasteiger partial charge in [0.2, 0.25) is 11.8 Å². The van der Waals surface area contributed by atoms with Gasteiger partial charge in [0.05, 0.1) is 18.9 Å². The summed E-state index contributed by atoms with van der Waals surface area (Å²) in [5, 5.41) is 5.46. The molecule has 6 nitrogen and oxygen atoms in total. The average Bonchev–Trinajstić information content (AvgIpc) is 3.23. The van der Waals surface area contributed by atoms with Crippen LogP contribution in [0.5, 0.6) is 0 Å². The first-order valence-electron chi connectivity index (χ1n) is 8.36. The molecular weight excluding hydrogens is 296 g/mol. The Morgan fingerprint density at radius 2 is 2.09 bits per heavy atom. The van der Waals surface area contributed by atoms with E-state index in [1.54, 1.807) is 25.3 Å². The molecule has 1 aromatic rings. The van der Waals surface area contributed by atoms with Crippen LogP contribution in [0, 0.1) is 0 Å². The van der Waals surface area contributed by atoms with Crippen LogP contribution in [0.1, 0.15) is 51.7 Å². The molecule has 0 aliphatic heterocycles. The van der Waals surface area contributed by atoms with Crippen LogP contribution in [-0.2, 0) is 20.9 Å². The highest BCUT2D eigenvalue weighted by molar-refractivity contribution is 5.89. The molecule has 2 N–H and O–H groups in total. The normalized spacial score (nSPS) is 17.7. The lowest BCUT2D eigenvalue weighted by atomic mass is 10.2. The fourth-order valence-electron chi connectivity index (χ4n) is 2.71. The summed E-state index contributed by atoms with van der Waals surface area (Å²) in [6.07, 6.45) is 6.20. The molecule has 23 heavy (non-hydrogen) atoms. The number of ether oxygens (including phenoxy) is 1. The van der Waals surface area contributed by atoms with E-state index < -0.39 is 12.1 Å². The lowest BCUT2D eigenvalue weighted by Crippen LogP contribution is -2.48. The standard InChI is InChI=1S/C17H26N2O4/c1-3-15(23-13-7-4-5-8-13)17(21)19-12(2)16(20)18-11-14-9-6-10-22-14/h6,9-10,12-13,15H,3-5,7-8,11H2,1-2H3,(H,18,20)(H,19,21). The largest absolute Gasteiger partial charge is 0.467 e. The van der Waals surface area contributed by atoms with E-state index in [4.69, 9.17) is 9.15 Å². The summed E-state index contributed by atoms with van der Waals surface area (Å²) in [4.78, 5) is 24.3. The zero-order valence-electron chi connectivity index (χ0n) is 13.8. The van der Waals surface area contributed by atoms with Gasteiger partial charge in [0, 0.05) is 0 Å². The maximum absolute atomic E-state index is 12.3. The first kappa shape index (κ1) is 17.5. The van der Waals surface area contributed by atoms with Crippen LogP contribution in [0.2, 0.25) is 0 Å². The van der Waals surface area contributed by atoms with E-state index >= 15 is 0 Å². The van der Waals surface area contributed by atoms with E-state index in [2.05, 4.69) is 10.6 Å². The van der Waals surface area contributed by atoms with Crippen molar-refractivity contribution in [2.45, 2.75) is 70.7 Å². The fraction of sp³-hybridized carbons (Fsp3) is 0.647. The molecular formula is C17H26N2O4. The van der Waals surface area contributed by atoms with E-state index in [0.29, 0.717) is 18.7 Å². The average molecular weight is 322 g/mol. The molecule has 1 aromatic heterocycles. The van der Waals surface area contributed by atoms with Crippen molar-refractivity contribution >= 4 is 11.8 Å². The SMILES string of the molecule is CCC(OC1CCCC1)C(=O)NC(C)C(=O)NCc1ccco1. The van der Waals surface area contributed by atoms with E-state index in [0.717, 1.165) is 25.7 Å². The highest BCUT2D eigenvalue weighted by Gasteiger charge is 2.26. The molecule has 6 heteroatoms. The van der Waals surface area contributed by atoms with Crippen molar-refractivity contribution in [2.24, 2.45) is 0 Å². The van der Waals surface area contributed by atoms with Crippen molar-refractivity contribution in [3.05, 3.63) is 24.2 Å². The molecule has 0 saturated heterocycles. The van der Waals surface area contributed by atoms with Gasteiger partial charge in [-0.2, -0.15) is 0 Å². The molecule has 2 unspecified atom stereocenters. The number of furan rings is 1. The maximum atomic E-state index is 12.3. The Morgan fingerprint density at radius 1 is 1.35 bits per heavy atom. The Labute approximate surface area is 137 Å². The van der Waals surface area contributed by atoms with E-state index in [-0.39, 0.29) is 17.9 Å². The van der Waals surface area contributed by atoms with Gasteiger partial charge in [0.25, 0.3) is 0 Å². The van der Waals surface area contributed by atoms with Crippen LogP contribution in [0.3, 0.4) is 0 Å². The van der Waals surface area contributed by atoms with Gasteiger partial charge < -0.3 is 19.8 Å². The van der Waals surface area contributed by atoms with Gasteiger partial charge in [-0.25, -0.2) is 0 Å². The quantitative estimate of drug-likeness (QED) is 0.768. The minimum Gasteiger partial charge on any atom is -0.467 e. The number of carbonyl (C=O) groups is 2. The fourth-order valence-corrected chi connectivity index (χ4v) is 2.71. The number of amides is 2. The second-order valence-electron chi connectivity index (χ2n) is 5.97. The molecule has 1 fully saturated rings. The van der Waals surface area contributed by atoms with Gasteiger partial charge in [0.15, 0.2) is 0 Å². The van der Waals surface area contributed by atoms with Gasteiger partial charge in [-0.1, -0.05) is 19.8 Å². The van der Waals surface area contributed by atoms with Gasteiger partial charge in [-0.05, 0) is 38.3 Å². The summed E-state index contributed by atoms with van der Waals surface area (Å²) in [6, 6.07) is 2.93. The second kappa shape index (κ2) is 8.72. The third-order valence-electron chi connectivity index (χ3n) is 4.09. The molecule has 128 valence electrons. The van der Waals surface area contributed by atoms with Gasteiger partial charge in [-0.3, -0.25) is 9.59 Å². The van der Waals surface area contributed by atoms with Crippen LogP contribution >= 0.6 is 0 Å². The van der Waals surface area contributed by atoms with E-state index in [9.17, 15) is 9.59 Å². The van der Waals surface area contributed by atoms with Crippen molar-refractivity contribution < 1.29 is 18.7 Å². The second-order valence-corrected chi connectivity index (χ2v) is 5.97. The Kier molecular flexibility index (Phi) is 6.65. The van der Waals surface area contributed by atoms with Crippen LogP contribution in [0.15, 0.2) is 22.8 Å². The summed E-state index contributed by atoms with van der Waals surface area (Å²) in [7, 11) is 0. The van der Waals surface area contributed by atoms with Crippen molar-refractivity contribution in [2.75, 3.05) is 0 Å². The summed E-state index contributed by atoms with van der Waals surface area (Å²) >= 11 is 0. The van der Waals surface area contributed by atoms with Crippen molar-refractivity contribution in [3.8, 4) is 0 Å². The maximum Gasteiger partial charge on any atom is 0.249 e. The molecule has 2 atom stereocenters. The minimum absolute atomic E-state index is 0.175. The van der Waals surface area contributed by atoms with Crippen LogP contribution in [0.25, 0.3) is 0 Å². The van der Waals surface area contributed by atoms with Gasteiger partial charge >= 0.3 is 0 Å². The highest BCUT2D eigenvalue weighted by atomic mass is 16.5. The number of rotatable bonds is 8. The van der Waals surface area contributed by atoms with Gasteiger partial charge in [-0.15, -0.1) is 0 Å². The topological polar surface area (TPSA) is 80.6 Å². The smallest absolute Gasteiger partial charge is 0.249 e. The van der Waals surface area contributed by atoms with Crippen molar-refractivity contribution in [1.82, 2.24) is 10.6 Å². The summed E-state index contributed by atoms with van der Waals surface area (Å²) in [5.41, 5.74) is 0. The molecule has 0 radical (unpaired) electrons. The number of nitrogens with one attached hydrogen (secondary N) is 2. The molecule has 2 amide bonds. The zero-order chi connectivity index (χ0) is 16.7. The highest BCUT2D eigenvalue weighted by Crippen LogP contribution is 2.23. The predicted octanol–water partition coefficient (Wildman–Crippen LogP) is 2.14. The summed E-state index contributed by atoms with van der Waals surface area (Å²) in [5.74, 6) is 0.207. The zero-order valence-corrected chi connectivity index (χ0v) is 13.8. The lowest BCUT2D eigenvalue weighted by molar-refractivity contribution is -0.139. The predicted molar refractivity (Wildman–Crippen MR) is 85.6 cm³/mol. The van der Waals surface area contributed by atoms with Crippen molar-refractivity contribution in [1.29, 1.82) is 0 Å². The van der Waals surface area contributed by atoms with Crippen LogP contribution in [0.4, 0.5) is 0 Å². The number of carbonyl (C=O) groups excluding carboxylic acids is 2. The molecule has 0 spiro atoms. The number of hydrogen-bond donors (Lipinski definition) is 2. The number of hydrogen-bond acceptors (Lipinski definition) is 4. The first-order valence-corrected chi connectivity index (χ1v) is 8.36. The Balaban J connectivity index is 1.76. The molecule has 0 bridgehead atoms. The molecule has 1 aliphatic rings. The van der Waals surface area contributed by atoms with E-state index in [1.807, 2.05) is 6.92 Å². The van der Waals surface area contributed by atoms with Gasteiger partial charge in [0.1, 0.15) is 17.9 Å². The van der Waals surface area contributed by atoms with Crippen LogP contribution in [-0.4, -0.2) is 30.1 Å². The molecule has 1 saturated carbocycles. The lowest BCUT2D eigenvalue weighted by Gasteiger charge is -2.22. The molecule has 1 heterocycles. The Hall–Kier alpha value is -1.82. The van der Waals surface area contributed by atoms with E-state index in [1.165, 1.54) is 0 Å². The third kappa shape index (κ3) is 5.39. The minimum atomic E-state index is -0.612. The summed E-state index contributed by atoms with van der Waals surface area (Å²) < 4.78 is 11.0. The first-order chi connectivity index (χ1) is 11.1. The Bertz CT molecular complexity index is 495. The molecule has 0 aromatic carbocycles.